The van der Waals surface area contributed by atoms with Crippen molar-refractivity contribution in [1.29, 1.82) is 0 Å². The van der Waals surface area contributed by atoms with E-state index in [-0.39, 0.29) is 28.8 Å². The highest BCUT2D eigenvalue weighted by Crippen LogP contribution is 2.19. The molecule has 0 aromatic heterocycles. The van der Waals surface area contributed by atoms with E-state index < -0.39 is 27.9 Å². The molecule has 0 radical (unpaired) electrons. The lowest BCUT2D eigenvalue weighted by Gasteiger charge is -2.17. The quantitative estimate of drug-likeness (QED) is 0.717. The molecule has 0 spiro atoms. The summed E-state index contributed by atoms with van der Waals surface area (Å²) in [6, 6.07) is 2.95. The molecule has 1 atom stereocenters. The lowest BCUT2D eigenvalue weighted by Crippen LogP contribution is -2.35. The van der Waals surface area contributed by atoms with Gasteiger partial charge in [0.15, 0.2) is 6.10 Å². The van der Waals surface area contributed by atoms with Gasteiger partial charge in [0.25, 0.3) is 5.91 Å². The fourth-order valence-corrected chi connectivity index (χ4v) is 2.99. The van der Waals surface area contributed by atoms with Crippen LogP contribution in [0.15, 0.2) is 23.1 Å². The summed E-state index contributed by atoms with van der Waals surface area (Å²) in [5.74, 6) is -1.85. The zero-order valence-corrected chi connectivity index (χ0v) is 14.9. The summed E-state index contributed by atoms with van der Waals surface area (Å²) in [5, 5.41) is -0.326. The molecular weight excluding hydrogens is 363 g/mol. The highest BCUT2D eigenvalue weighted by molar-refractivity contribution is 7.89. The van der Waals surface area contributed by atoms with Crippen molar-refractivity contribution in [2.24, 2.45) is 0 Å². The highest BCUT2D eigenvalue weighted by Gasteiger charge is 2.20. The number of carbonyl (C=O) groups excluding carboxylic acids is 2. The molecule has 0 saturated heterocycles. The Kier molecular flexibility index (Phi) is 7.12. The Hall–Kier alpha value is -1.71. The van der Waals surface area contributed by atoms with Gasteiger partial charge in [-0.1, -0.05) is 11.6 Å². The summed E-state index contributed by atoms with van der Waals surface area (Å²) < 4.78 is 44.1. The van der Waals surface area contributed by atoms with Crippen molar-refractivity contribution < 1.29 is 27.1 Å². The van der Waals surface area contributed by atoms with E-state index in [9.17, 15) is 22.4 Å². The van der Waals surface area contributed by atoms with E-state index in [1.807, 2.05) is 0 Å². The molecular formula is C14H18ClFN2O5S. The monoisotopic (exact) mass is 380 g/mol. The number of hydrogen-bond donors (Lipinski definition) is 1. The molecule has 1 aromatic rings. The first kappa shape index (κ1) is 20.3. The standard InChI is InChI=1S/C14H18ClFN2O5S/c1-9(14(20)18(2)3)23-13(19)6-7-17-24(21,22)10-4-5-12(16)11(15)8-10/h4-5,8-9,17H,6-7H2,1-3H3/t9-/m0/s1. The molecule has 0 saturated carbocycles. The van der Waals surface area contributed by atoms with E-state index in [0.29, 0.717) is 0 Å². The predicted molar refractivity (Wildman–Crippen MR) is 85.5 cm³/mol. The normalized spacial score (nSPS) is 12.5. The van der Waals surface area contributed by atoms with Crippen LogP contribution in [0.4, 0.5) is 4.39 Å². The number of hydrogen-bond acceptors (Lipinski definition) is 5. The van der Waals surface area contributed by atoms with Gasteiger partial charge in [-0.3, -0.25) is 9.59 Å². The van der Waals surface area contributed by atoms with Gasteiger partial charge in [-0.15, -0.1) is 0 Å². The average Bonchev–Trinajstić information content (AvgIpc) is 2.48. The summed E-state index contributed by atoms with van der Waals surface area (Å²) >= 11 is 5.54. The lowest BCUT2D eigenvalue weighted by molar-refractivity contribution is -0.157. The molecule has 0 bridgehead atoms. The Balaban J connectivity index is 2.55. The number of nitrogens with one attached hydrogen (secondary N) is 1. The molecule has 7 nitrogen and oxygen atoms in total. The minimum Gasteiger partial charge on any atom is -0.452 e. The van der Waals surface area contributed by atoms with Crippen molar-refractivity contribution in [2.75, 3.05) is 20.6 Å². The topological polar surface area (TPSA) is 92.8 Å². The van der Waals surface area contributed by atoms with Crippen LogP contribution in [0.3, 0.4) is 0 Å². The van der Waals surface area contributed by atoms with Gasteiger partial charge < -0.3 is 9.64 Å². The van der Waals surface area contributed by atoms with Crippen molar-refractivity contribution in [3.8, 4) is 0 Å². The van der Waals surface area contributed by atoms with Crippen LogP contribution in [0.5, 0.6) is 0 Å². The second-order valence-corrected chi connectivity index (χ2v) is 7.26. The zero-order valence-electron chi connectivity index (χ0n) is 13.4. The molecule has 1 N–H and O–H groups in total. The third-order valence-corrected chi connectivity index (χ3v) is 4.67. The Labute approximate surface area is 144 Å². The average molecular weight is 381 g/mol. The van der Waals surface area contributed by atoms with Crippen LogP contribution in [-0.4, -0.2) is 51.9 Å². The van der Waals surface area contributed by atoms with Gasteiger partial charge in [0, 0.05) is 20.6 Å². The Morgan fingerprint density at radius 2 is 2.00 bits per heavy atom. The van der Waals surface area contributed by atoms with E-state index in [2.05, 4.69) is 4.72 Å². The van der Waals surface area contributed by atoms with Gasteiger partial charge in [0.05, 0.1) is 16.3 Å². The largest absolute Gasteiger partial charge is 0.452 e. The number of likely N-dealkylation sites (N-methyl/N-ethyl adjacent to an activating group) is 1. The first-order chi connectivity index (χ1) is 11.0. The molecule has 0 aliphatic rings. The summed E-state index contributed by atoms with van der Waals surface area (Å²) in [6.07, 6.45) is -1.22. The van der Waals surface area contributed by atoms with Crippen LogP contribution < -0.4 is 4.72 Å². The molecule has 134 valence electrons. The third kappa shape index (κ3) is 5.73. The SMILES string of the molecule is C[C@H](OC(=O)CCNS(=O)(=O)c1ccc(F)c(Cl)c1)C(=O)N(C)C. The van der Waals surface area contributed by atoms with E-state index in [1.54, 1.807) is 0 Å². The van der Waals surface area contributed by atoms with E-state index in [4.69, 9.17) is 16.3 Å². The van der Waals surface area contributed by atoms with Crippen molar-refractivity contribution in [2.45, 2.75) is 24.3 Å². The maximum atomic E-state index is 13.0. The minimum atomic E-state index is -3.94. The van der Waals surface area contributed by atoms with Crippen molar-refractivity contribution in [1.82, 2.24) is 9.62 Å². The number of rotatable bonds is 7. The number of nitrogens with zero attached hydrogens (tertiary/aromatic N) is 1. The number of amides is 1. The molecule has 0 fully saturated rings. The van der Waals surface area contributed by atoms with Crippen LogP contribution in [0.25, 0.3) is 0 Å². The highest BCUT2D eigenvalue weighted by atomic mass is 35.5. The van der Waals surface area contributed by atoms with Crippen molar-refractivity contribution in [3.05, 3.63) is 29.0 Å². The number of carbonyl (C=O) groups is 2. The van der Waals surface area contributed by atoms with Gasteiger partial charge in [-0.05, 0) is 25.1 Å². The molecule has 0 aliphatic carbocycles. The molecule has 1 rings (SSSR count). The Bertz CT molecular complexity index is 724. The Morgan fingerprint density at radius 3 is 2.54 bits per heavy atom. The van der Waals surface area contributed by atoms with Gasteiger partial charge in [-0.2, -0.15) is 0 Å². The predicted octanol–water partition coefficient (Wildman–Crippen LogP) is 1.17. The smallest absolute Gasteiger partial charge is 0.307 e. The van der Waals surface area contributed by atoms with Crippen LogP contribution in [0.1, 0.15) is 13.3 Å². The first-order valence-electron chi connectivity index (χ1n) is 6.90. The van der Waals surface area contributed by atoms with Crippen molar-refractivity contribution >= 4 is 33.5 Å². The van der Waals surface area contributed by atoms with Crippen LogP contribution in [0, 0.1) is 5.82 Å². The number of benzene rings is 1. The van der Waals surface area contributed by atoms with Gasteiger partial charge in [0.2, 0.25) is 10.0 Å². The molecule has 0 heterocycles. The molecule has 0 aliphatic heterocycles. The summed E-state index contributed by atoms with van der Waals surface area (Å²) in [7, 11) is -0.893. The maximum Gasteiger partial charge on any atom is 0.307 e. The minimum absolute atomic E-state index is 0.224. The number of esters is 1. The first-order valence-corrected chi connectivity index (χ1v) is 8.76. The number of halogens is 2. The summed E-state index contributed by atoms with van der Waals surface area (Å²) in [4.78, 5) is 24.2. The van der Waals surface area contributed by atoms with Crippen LogP contribution in [0.2, 0.25) is 5.02 Å². The van der Waals surface area contributed by atoms with Gasteiger partial charge in [0.1, 0.15) is 5.82 Å². The fraction of sp³-hybridized carbons (Fsp3) is 0.429. The maximum absolute atomic E-state index is 13.0. The van der Waals surface area contributed by atoms with Crippen LogP contribution in [-0.2, 0) is 24.3 Å². The lowest BCUT2D eigenvalue weighted by atomic mass is 10.3. The van der Waals surface area contributed by atoms with Gasteiger partial charge >= 0.3 is 5.97 Å². The zero-order chi connectivity index (χ0) is 18.5. The number of sulfonamides is 1. The van der Waals surface area contributed by atoms with Gasteiger partial charge in [-0.25, -0.2) is 17.5 Å². The second-order valence-electron chi connectivity index (χ2n) is 5.09. The molecule has 1 aromatic carbocycles. The molecule has 10 heteroatoms. The van der Waals surface area contributed by atoms with Crippen LogP contribution >= 0.6 is 11.6 Å². The molecule has 0 unspecified atom stereocenters. The van der Waals surface area contributed by atoms with E-state index in [0.717, 1.165) is 18.2 Å². The number of ether oxygens (including phenoxy) is 1. The molecule has 1 amide bonds. The summed E-state index contributed by atoms with van der Waals surface area (Å²) in [5.41, 5.74) is 0. The Morgan fingerprint density at radius 1 is 1.38 bits per heavy atom. The van der Waals surface area contributed by atoms with E-state index in [1.165, 1.54) is 25.9 Å². The van der Waals surface area contributed by atoms with E-state index >= 15 is 0 Å². The van der Waals surface area contributed by atoms with Crippen molar-refractivity contribution in [3.63, 3.8) is 0 Å². The molecule has 24 heavy (non-hydrogen) atoms. The second kappa shape index (κ2) is 8.41. The third-order valence-electron chi connectivity index (χ3n) is 2.92. The summed E-state index contributed by atoms with van der Waals surface area (Å²) in [6.45, 7) is 1.18. The fourth-order valence-electron chi connectivity index (χ4n) is 1.68.